The molecule has 7 heteroatoms. The van der Waals surface area contributed by atoms with Crippen LogP contribution < -0.4 is 19.5 Å². The Bertz CT molecular complexity index is 856. The number of carbonyl (C=O) groups excluding carboxylic acids is 1. The zero-order valence-electron chi connectivity index (χ0n) is 14.5. The van der Waals surface area contributed by atoms with E-state index in [-0.39, 0.29) is 24.3 Å². The average molecular weight is 436 g/mol. The summed E-state index contributed by atoms with van der Waals surface area (Å²) in [5.74, 6) is 1.06. The van der Waals surface area contributed by atoms with Gasteiger partial charge in [-0.15, -0.1) is 0 Å². The van der Waals surface area contributed by atoms with E-state index < -0.39 is 5.82 Å². The van der Waals surface area contributed by atoms with Gasteiger partial charge in [0, 0.05) is 4.47 Å². The summed E-state index contributed by atoms with van der Waals surface area (Å²) in [6.45, 7) is 0.814. The van der Waals surface area contributed by atoms with Crippen molar-refractivity contribution < 1.29 is 23.4 Å². The largest absolute Gasteiger partial charge is 0.486 e. The smallest absolute Gasteiger partial charge is 0.258 e. The lowest BCUT2D eigenvalue weighted by Gasteiger charge is -2.23. The van der Waals surface area contributed by atoms with E-state index in [2.05, 4.69) is 21.2 Å². The maximum atomic E-state index is 13.8. The summed E-state index contributed by atoms with van der Waals surface area (Å²) in [4.78, 5) is 12.4. The van der Waals surface area contributed by atoms with Gasteiger partial charge in [0.25, 0.3) is 5.91 Å². The number of hydrogen-bond donors (Lipinski definition) is 1. The molecule has 0 spiro atoms. The van der Waals surface area contributed by atoms with Crippen LogP contribution in [0.5, 0.6) is 17.2 Å². The molecule has 1 heterocycles. The molecule has 0 radical (unpaired) electrons. The molecule has 1 amide bonds. The van der Waals surface area contributed by atoms with E-state index in [0.29, 0.717) is 29.4 Å². The molecule has 1 fully saturated rings. The van der Waals surface area contributed by atoms with Crippen molar-refractivity contribution in [3.05, 3.63) is 52.3 Å². The van der Waals surface area contributed by atoms with Crippen LogP contribution >= 0.6 is 15.9 Å². The van der Waals surface area contributed by atoms with Gasteiger partial charge in [-0.05, 0) is 54.7 Å². The third-order valence-electron chi connectivity index (χ3n) is 4.59. The number of fused-ring (bicyclic) bond motifs is 1. The maximum absolute atomic E-state index is 13.8. The maximum Gasteiger partial charge on any atom is 0.258 e. The van der Waals surface area contributed by atoms with Gasteiger partial charge in [-0.2, -0.15) is 0 Å². The molecule has 4 rings (SSSR count). The van der Waals surface area contributed by atoms with Crippen molar-refractivity contribution in [2.24, 2.45) is 5.92 Å². The van der Waals surface area contributed by atoms with E-state index in [1.807, 2.05) is 18.2 Å². The van der Waals surface area contributed by atoms with Crippen LogP contribution in [-0.2, 0) is 4.79 Å². The van der Waals surface area contributed by atoms with Gasteiger partial charge < -0.3 is 19.5 Å². The van der Waals surface area contributed by atoms with Crippen LogP contribution in [0.1, 0.15) is 24.4 Å². The Kier molecular flexibility index (Phi) is 5.20. The molecule has 0 aromatic heterocycles. The normalized spacial score (nSPS) is 16.5. The molecule has 2 aromatic carbocycles. The van der Waals surface area contributed by atoms with Crippen molar-refractivity contribution in [3.63, 3.8) is 0 Å². The van der Waals surface area contributed by atoms with Gasteiger partial charge in [0.15, 0.2) is 29.7 Å². The Hall–Kier alpha value is -2.28. The van der Waals surface area contributed by atoms with Gasteiger partial charge in [-0.1, -0.05) is 22.0 Å². The van der Waals surface area contributed by atoms with Crippen molar-refractivity contribution in [1.29, 1.82) is 0 Å². The highest BCUT2D eigenvalue weighted by molar-refractivity contribution is 9.10. The zero-order valence-corrected chi connectivity index (χ0v) is 16.1. The molecule has 1 aliphatic heterocycles. The summed E-state index contributed by atoms with van der Waals surface area (Å²) >= 11 is 3.19. The van der Waals surface area contributed by atoms with E-state index in [1.54, 1.807) is 6.07 Å². The Morgan fingerprint density at radius 3 is 2.70 bits per heavy atom. The third-order valence-corrected chi connectivity index (χ3v) is 5.08. The summed E-state index contributed by atoms with van der Waals surface area (Å²) < 4.78 is 30.9. The van der Waals surface area contributed by atoms with Gasteiger partial charge in [-0.3, -0.25) is 4.79 Å². The van der Waals surface area contributed by atoms with Crippen molar-refractivity contribution in [3.8, 4) is 17.2 Å². The zero-order chi connectivity index (χ0) is 18.8. The van der Waals surface area contributed by atoms with E-state index in [0.717, 1.165) is 24.2 Å². The topological polar surface area (TPSA) is 56.8 Å². The highest BCUT2D eigenvalue weighted by Crippen LogP contribution is 2.43. The van der Waals surface area contributed by atoms with Crippen LogP contribution in [-0.4, -0.2) is 25.7 Å². The van der Waals surface area contributed by atoms with Crippen molar-refractivity contribution in [2.45, 2.75) is 18.9 Å². The molecule has 1 N–H and O–H groups in total. The predicted octanol–water partition coefficient (Wildman–Crippen LogP) is 4.01. The molecule has 1 saturated carbocycles. The SMILES string of the molecule is O=C(COc1ccc(Br)cc1F)NC(c1ccc2c(c1)OCCO2)C1CC1. The minimum Gasteiger partial charge on any atom is -0.486 e. The molecule has 1 aliphatic carbocycles. The first-order valence-corrected chi connectivity index (χ1v) is 9.66. The van der Waals surface area contributed by atoms with Crippen molar-refractivity contribution in [1.82, 2.24) is 5.32 Å². The standard InChI is InChI=1S/C20H19BrFNO4/c21-14-4-6-16(15(22)10-14)27-11-19(24)23-20(12-1-2-12)13-3-5-17-18(9-13)26-8-7-25-17/h3-6,9-10,12,20H,1-2,7-8,11H2,(H,23,24). The van der Waals surface area contributed by atoms with Crippen LogP contribution in [0, 0.1) is 11.7 Å². The average Bonchev–Trinajstić information content (AvgIpc) is 3.50. The van der Waals surface area contributed by atoms with E-state index in [9.17, 15) is 9.18 Å². The lowest BCUT2D eigenvalue weighted by molar-refractivity contribution is -0.124. The lowest BCUT2D eigenvalue weighted by atomic mass is 10.0. The molecule has 2 aliphatic rings. The number of amides is 1. The second-order valence-corrected chi connectivity index (χ2v) is 7.56. The molecule has 27 heavy (non-hydrogen) atoms. The fourth-order valence-electron chi connectivity index (χ4n) is 3.11. The second kappa shape index (κ2) is 7.76. The van der Waals surface area contributed by atoms with Crippen LogP contribution in [0.4, 0.5) is 4.39 Å². The lowest BCUT2D eigenvalue weighted by Crippen LogP contribution is -2.34. The monoisotopic (exact) mass is 435 g/mol. The highest BCUT2D eigenvalue weighted by Gasteiger charge is 2.34. The minimum absolute atomic E-state index is 0.0515. The summed E-state index contributed by atoms with van der Waals surface area (Å²) in [6, 6.07) is 10.1. The molecule has 142 valence electrons. The number of ether oxygens (including phenoxy) is 3. The number of halogens is 2. The van der Waals surface area contributed by atoms with E-state index in [4.69, 9.17) is 14.2 Å². The van der Waals surface area contributed by atoms with Crippen LogP contribution in [0.2, 0.25) is 0 Å². The number of carbonyl (C=O) groups is 1. The second-order valence-electron chi connectivity index (χ2n) is 6.65. The number of rotatable bonds is 6. The number of benzene rings is 2. The van der Waals surface area contributed by atoms with Crippen LogP contribution in [0.15, 0.2) is 40.9 Å². The van der Waals surface area contributed by atoms with Crippen molar-refractivity contribution in [2.75, 3.05) is 19.8 Å². The van der Waals surface area contributed by atoms with Gasteiger partial charge in [0.1, 0.15) is 13.2 Å². The molecule has 2 aromatic rings. The number of hydrogen-bond acceptors (Lipinski definition) is 4. The first-order chi connectivity index (χ1) is 13.1. The van der Waals surface area contributed by atoms with E-state index >= 15 is 0 Å². The molecule has 0 saturated heterocycles. The van der Waals surface area contributed by atoms with E-state index in [1.165, 1.54) is 12.1 Å². The Morgan fingerprint density at radius 2 is 1.96 bits per heavy atom. The molecular formula is C20H19BrFNO4. The Morgan fingerprint density at radius 1 is 1.19 bits per heavy atom. The summed E-state index contributed by atoms with van der Waals surface area (Å²) in [5, 5.41) is 3.01. The van der Waals surface area contributed by atoms with Crippen LogP contribution in [0.25, 0.3) is 0 Å². The Balaban J connectivity index is 1.42. The Labute approximate surface area is 164 Å². The summed E-state index contributed by atoms with van der Waals surface area (Å²) in [7, 11) is 0. The van der Waals surface area contributed by atoms with Gasteiger partial charge in [0.05, 0.1) is 6.04 Å². The highest BCUT2D eigenvalue weighted by atomic mass is 79.9. The van der Waals surface area contributed by atoms with Gasteiger partial charge >= 0.3 is 0 Å². The predicted molar refractivity (Wildman–Crippen MR) is 101 cm³/mol. The molecule has 0 bridgehead atoms. The molecule has 1 unspecified atom stereocenters. The van der Waals surface area contributed by atoms with Crippen molar-refractivity contribution >= 4 is 21.8 Å². The first kappa shape index (κ1) is 18.1. The quantitative estimate of drug-likeness (QED) is 0.744. The summed E-state index contributed by atoms with van der Waals surface area (Å²) in [6.07, 6.45) is 2.11. The number of nitrogens with one attached hydrogen (secondary N) is 1. The minimum atomic E-state index is -0.511. The van der Waals surface area contributed by atoms with Crippen LogP contribution in [0.3, 0.4) is 0 Å². The third kappa shape index (κ3) is 4.35. The van der Waals surface area contributed by atoms with Gasteiger partial charge in [0.2, 0.25) is 0 Å². The molecule has 1 atom stereocenters. The summed E-state index contributed by atoms with van der Waals surface area (Å²) in [5.41, 5.74) is 0.977. The fraction of sp³-hybridized carbons (Fsp3) is 0.350. The fourth-order valence-corrected chi connectivity index (χ4v) is 3.44. The van der Waals surface area contributed by atoms with Gasteiger partial charge in [-0.25, -0.2) is 4.39 Å². The first-order valence-electron chi connectivity index (χ1n) is 8.87. The molecular weight excluding hydrogens is 417 g/mol. The molecule has 5 nitrogen and oxygen atoms in total.